The molecule has 34 heavy (non-hydrogen) atoms. The molecule has 2 atom stereocenters. The zero-order chi connectivity index (χ0) is 23.1. The van der Waals surface area contributed by atoms with Gasteiger partial charge in [0.05, 0.1) is 11.6 Å². The van der Waals surface area contributed by atoms with Crippen LogP contribution in [-0.2, 0) is 5.54 Å². The largest absolute Gasteiger partial charge is 0.387 e. The molecule has 1 aliphatic rings. The fourth-order valence-corrected chi connectivity index (χ4v) is 5.57. The lowest BCUT2D eigenvalue weighted by molar-refractivity contribution is 0.125. The van der Waals surface area contributed by atoms with Gasteiger partial charge in [-0.25, -0.2) is 0 Å². The van der Waals surface area contributed by atoms with E-state index in [1.807, 2.05) is 18.2 Å². The van der Waals surface area contributed by atoms with Crippen LogP contribution in [-0.4, -0.2) is 11.1 Å². The molecule has 166 valence electrons. The summed E-state index contributed by atoms with van der Waals surface area (Å²) in [5, 5.41) is 17.7. The van der Waals surface area contributed by atoms with Crippen molar-refractivity contribution < 1.29 is 5.11 Å². The third-order valence-electron chi connectivity index (χ3n) is 7.19. The third-order valence-corrected chi connectivity index (χ3v) is 7.19. The van der Waals surface area contributed by atoms with Crippen LogP contribution >= 0.6 is 0 Å². The van der Waals surface area contributed by atoms with Crippen molar-refractivity contribution in [2.24, 2.45) is 0 Å². The summed E-state index contributed by atoms with van der Waals surface area (Å²) in [4.78, 5) is 0. The van der Waals surface area contributed by atoms with Crippen LogP contribution in [0.25, 0.3) is 21.9 Å². The Morgan fingerprint density at radius 1 is 0.618 bits per heavy atom. The number of benzene rings is 5. The molecule has 0 aromatic heterocycles. The number of fused-ring (bicyclic) bond motifs is 4. The Bertz CT molecular complexity index is 1430. The summed E-state index contributed by atoms with van der Waals surface area (Å²) in [6.45, 7) is 2.08. The molecule has 1 aliphatic carbocycles. The number of hydrogen-bond acceptors (Lipinski definition) is 2. The first-order valence-electron chi connectivity index (χ1n) is 11.9. The lowest BCUT2D eigenvalue weighted by atomic mass is 9.79. The predicted octanol–water partition coefficient (Wildman–Crippen LogP) is 6.82. The average molecular weight is 442 g/mol. The van der Waals surface area contributed by atoms with Crippen LogP contribution < -0.4 is 5.32 Å². The van der Waals surface area contributed by atoms with Crippen molar-refractivity contribution in [3.8, 4) is 11.1 Å². The number of hydrogen-bond donors (Lipinski definition) is 2. The van der Waals surface area contributed by atoms with E-state index >= 15 is 0 Å². The molecule has 0 saturated carbocycles. The Labute approximate surface area is 200 Å². The normalized spacial score (nSPS) is 15.5. The minimum absolute atomic E-state index is 0.208. The first kappa shape index (κ1) is 20.9. The van der Waals surface area contributed by atoms with Crippen molar-refractivity contribution in [2.45, 2.75) is 24.6 Å². The quantitative estimate of drug-likeness (QED) is 0.313. The molecule has 0 heterocycles. The van der Waals surface area contributed by atoms with Gasteiger partial charge in [0.2, 0.25) is 0 Å². The first-order chi connectivity index (χ1) is 16.7. The Kier molecular flexibility index (Phi) is 5.06. The van der Waals surface area contributed by atoms with Crippen molar-refractivity contribution in [3.63, 3.8) is 0 Å². The molecule has 6 rings (SSSR count). The molecule has 0 bridgehead atoms. The molecule has 0 aliphatic heterocycles. The maximum atomic E-state index is 11.5. The van der Waals surface area contributed by atoms with Crippen LogP contribution in [0.3, 0.4) is 0 Å². The molecular weight excluding hydrogens is 414 g/mol. The Morgan fingerprint density at radius 2 is 1.18 bits per heavy atom. The van der Waals surface area contributed by atoms with E-state index < -0.39 is 11.6 Å². The van der Waals surface area contributed by atoms with Crippen molar-refractivity contribution in [3.05, 3.63) is 144 Å². The molecule has 5 aromatic rings. The maximum Gasteiger partial charge on any atom is 0.0963 e. The van der Waals surface area contributed by atoms with E-state index in [2.05, 4.69) is 115 Å². The van der Waals surface area contributed by atoms with Crippen LogP contribution in [0.2, 0.25) is 0 Å². The van der Waals surface area contributed by atoms with E-state index in [0.29, 0.717) is 0 Å². The van der Waals surface area contributed by atoms with Crippen molar-refractivity contribution >= 4 is 10.8 Å². The van der Waals surface area contributed by atoms with E-state index in [0.717, 1.165) is 10.9 Å². The summed E-state index contributed by atoms with van der Waals surface area (Å²) in [6.07, 6.45) is -0.662. The summed E-state index contributed by atoms with van der Waals surface area (Å²) in [6, 6.07) is 42.1. The van der Waals surface area contributed by atoms with Crippen molar-refractivity contribution in [1.29, 1.82) is 0 Å². The van der Waals surface area contributed by atoms with Crippen LogP contribution in [0, 0.1) is 0 Å². The van der Waals surface area contributed by atoms with Crippen LogP contribution in [0.15, 0.2) is 121 Å². The molecule has 0 amide bonds. The molecule has 2 nitrogen and oxygen atoms in total. The van der Waals surface area contributed by atoms with Gasteiger partial charge < -0.3 is 5.11 Å². The fourth-order valence-electron chi connectivity index (χ4n) is 5.57. The zero-order valence-electron chi connectivity index (χ0n) is 19.1. The Hall–Kier alpha value is -3.72. The fraction of sp³-hybridized carbons (Fsp3) is 0.125. The highest BCUT2D eigenvalue weighted by atomic mass is 16.3. The molecule has 0 spiro atoms. The van der Waals surface area contributed by atoms with Gasteiger partial charge in [0.25, 0.3) is 0 Å². The Morgan fingerprint density at radius 3 is 1.85 bits per heavy atom. The number of rotatable bonds is 5. The number of aliphatic hydroxyl groups excluding tert-OH is 1. The predicted molar refractivity (Wildman–Crippen MR) is 140 cm³/mol. The third kappa shape index (κ3) is 3.19. The van der Waals surface area contributed by atoms with Gasteiger partial charge in [-0.3, -0.25) is 5.32 Å². The summed E-state index contributed by atoms with van der Waals surface area (Å²) in [5.74, 6) is 0. The lowest BCUT2D eigenvalue weighted by Crippen LogP contribution is -2.49. The standard InChI is InChI=1S/C32H27NO/c1-22(31(34)25-20-19-23-11-5-6-12-24(23)21-25)33-32(26-13-3-2-4-14-26)29-17-9-7-15-27(29)28-16-8-10-18-30(28)32/h2-22,31,33-34H,1H3/t22-,31-/m0/s1. The Balaban J connectivity index is 1.48. The molecule has 2 heteroatoms. The molecule has 0 unspecified atom stereocenters. The molecule has 0 radical (unpaired) electrons. The average Bonchev–Trinajstić information content (AvgIpc) is 3.19. The SMILES string of the molecule is C[C@H](NC1(c2ccccc2)c2ccccc2-c2ccccc21)[C@H](O)c1ccc2ccccc2c1. The summed E-state index contributed by atoms with van der Waals surface area (Å²) in [5.41, 5.74) is 6.46. The van der Waals surface area contributed by atoms with E-state index in [-0.39, 0.29) is 6.04 Å². The summed E-state index contributed by atoms with van der Waals surface area (Å²) < 4.78 is 0. The highest BCUT2D eigenvalue weighted by Gasteiger charge is 2.45. The van der Waals surface area contributed by atoms with Crippen LogP contribution in [0.1, 0.15) is 35.3 Å². The van der Waals surface area contributed by atoms with Gasteiger partial charge in [0, 0.05) is 6.04 Å². The highest BCUT2D eigenvalue weighted by Crippen LogP contribution is 2.51. The summed E-state index contributed by atoms with van der Waals surface area (Å²) in [7, 11) is 0. The molecule has 0 fully saturated rings. The highest BCUT2D eigenvalue weighted by molar-refractivity contribution is 5.84. The van der Waals surface area contributed by atoms with Crippen molar-refractivity contribution in [1.82, 2.24) is 5.32 Å². The molecular formula is C32H27NO. The second-order valence-corrected chi connectivity index (χ2v) is 9.19. The minimum Gasteiger partial charge on any atom is -0.387 e. The first-order valence-corrected chi connectivity index (χ1v) is 11.9. The van der Waals surface area contributed by atoms with Gasteiger partial charge in [-0.15, -0.1) is 0 Å². The van der Waals surface area contributed by atoms with Crippen molar-refractivity contribution in [2.75, 3.05) is 0 Å². The van der Waals surface area contributed by atoms with E-state index in [1.54, 1.807) is 0 Å². The maximum absolute atomic E-state index is 11.5. The number of nitrogens with one attached hydrogen (secondary N) is 1. The lowest BCUT2D eigenvalue weighted by Gasteiger charge is -2.38. The summed E-state index contributed by atoms with van der Waals surface area (Å²) >= 11 is 0. The van der Waals surface area contributed by atoms with Crippen LogP contribution in [0.5, 0.6) is 0 Å². The zero-order valence-corrected chi connectivity index (χ0v) is 19.1. The van der Waals surface area contributed by atoms with Gasteiger partial charge in [-0.05, 0) is 57.1 Å². The molecule has 5 aromatic carbocycles. The smallest absolute Gasteiger partial charge is 0.0963 e. The van der Waals surface area contributed by atoms with Gasteiger partial charge in [-0.2, -0.15) is 0 Å². The van der Waals surface area contributed by atoms with Crippen LogP contribution in [0.4, 0.5) is 0 Å². The second kappa shape index (κ2) is 8.25. The van der Waals surface area contributed by atoms with Gasteiger partial charge in [0.15, 0.2) is 0 Å². The van der Waals surface area contributed by atoms with E-state index in [9.17, 15) is 5.11 Å². The van der Waals surface area contributed by atoms with Gasteiger partial charge in [0.1, 0.15) is 0 Å². The van der Waals surface area contributed by atoms with Gasteiger partial charge >= 0.3 is 0 Å². The molecule has 2 N–H and O–H groups in total. The van der Waals surface area contributed by atoms with E-state index in [4.69, 9.17) is 0 Å². The van der Waals surface area contributed by atoms with E-state index in [1.165, 1.54) is 33.2 Å². The number of aliphatic hydroxyl groups is 1. The second-order valence-electron chi connectivity index (χ2n) is 9.19. The van der Waals surface area contributed by atoms with Gasteiger partial charge in [-0.1, -0.05) is 115 Å². The topological polar surface area (TPSA) is 32.3 Å². The monoisotopic (exact) mass is 441 g/mol. The minimum atomic E-state index is -0.662. The molecule has 0 saturated heterocycles.